The molecule has 1 saturated carbocycles. The minimum absolute atomic E-state index is 0.0527. The van der Waals surface area contributed by atoms with E-state index in [1.807, 2.05) is 6.92 Å². The first-order valence-electron chi connectivity index (χ1n) is 7.95. The summed E-state index contributed by atoms with van der Waals surface area (Å²) in [5.74, 6) is -0.248. The van der Waals surface area contributed by atoms with Crippen LogP contribution in [0, 0.1) is 5.82 Å². The summed E-state index contributed by atoms with van der Waals surface area (Å²) in [4.78, 5) is 0. The quantitative estimate of drug-likeness (QED) is 0.775. The van der Waals surface area contributed by atoms with Crippen molar-refractivity contribution in [2.75, 3.05) is 13.2 Å². The van der Waals surface area contributed by atoms with Crippen LogP contribution in [0.15, 0.2) is 18.2 Å². The Hall–Kier alpha value is -0.640. The summed E-state index contributed by atoms with van der Waals surface area (Å²) in [6, 6.07) is 4.55. The first-order chi connectivity index (χ1) is 10.1. The van der Waals surface area contributed by atoms with Gasteiger partial charge in [0.15, 0.2) is 0 Å². The monoisotopic (exact) mass is 313 g/mol. The number of rotatable bonds is 7. The topological polar surface area (TPSA) is 21.3 Å². The molecule has 1 aromatic rings. The molecular formula is C17H25ClFNO. The lowest BCUT2D eigenvalue weighted by Gasteiger charge is -2.38. The van der Waals surface area contributed by atoms with Crippen LogP contribution < -0.4 is 5.32 Å². The Balaban J connectivity index is 2.38. The van der Waals surface area contributed by atoms with Crippen LogP contribution in [0.4, 0.5) is 4.39 Å². The molecule has 2 rings (SSSR count). The Bertz CT molecular complexity index is 460. The van der Waals surface area contributed by atoms with Crippen molar-refractivity contribution in [2.24, 2.45) is 0 Å². The summed E-state index contributed by atoms with van der Waals surface area (Å²) < 4.78 is 19.9. The maximum absolute atomic E-state index is 13.7. The average Bonchev–Trinajstić information content (AvgIpc) is 2.93. The SMILES string of the molecule is CCCNC(c1cc(F)ccc1Cl)C1(OCC)CCCC1. The van der Waals surface area contributed by atoms with Gasteiger partial charge in [-0.1, -0.05) is 31.4 Å². The smallest absolute Gasteiger partial charge is 0.123 e. The summed E-state index contributed by atoms with van der Waals surface area (Å²) in [5.41, 5.74) is 0.557. The summed E-state index contributed by atoms with van der Waals surface area (Å²) >= 11 is 6.35. The molecule has 2 nitrogen and oxygen atoms in total. The first kappa shape index (κ1) is 16.7. The third-order valence-electron chi connectivity index (χ3n) is 4.28. The summed E-state index contributed by atoms with van der Waals surface area (Å²) in [7, 11) is 0. The second-order valence-electron chi connectivity index (χ2n) is 5.76. The van der Waals surface area contributed by atoms with Crippen LogP contribution in [0.25, 0.3) is 0 Å². The summed E-state index contributed by atoms with van der Waals surface area (Å²) in [5, 5.41) is 4.15. The van der Waals surface area contributed by atoms with Gasteiger partial charge < -0.3 is 10.1 Å². The molecular weight excluding hydrogens is 289 g/mol. The number of benzene rings is 1. The Morgan fingerprint density at radius 2 is 2.05 bits per heavy atom. The van der Waals surface area contributed by atoms with Crippen LogP contribution in [-0.2, 0) is 4.74 Å². The molecule has 0 saturated heterocycles. The molecule has 0 bridgehead atoms. The molecule has 0 heterocycles. The molecule has 4 heteroatoms. The van der Waals surface area contributed by atoms with Crippen molar-refractivity contribution < 1.29 is 9.13 Å². The Labute approximate surface area is 132 Å². The van der Waals surface area contributed by atoms with Crippen molar-refractivity contribution in [2.45, 2.75) is 57.6 Å². The highest BCUT2D eigenvalue weighted by molar-refractivity contribution is 6.31. The molecule has 1 unspecified atom stereocenters. The highest BCUT2D eigenvalue weighted by atomic mass is 35.5. The summed E-state index contributed by atoms with van der Waals surface area (Å²) in [6.07, 6.45) is 5.31. The van der Waals surface area contributed by atoms with E-state index in [-0.39, 0.29) is 17.5 Å². The van der Waals surface area contributed by atoms with Gasteiger partial charge in [-0.3, -0.25) is 0 Å². The minimum atomic E-state index is -0.263. The van der Waals surface area contributed by atoms with E-state index in [0.29, 0.717) is 11.6 Å². The van der Waals surface area contributed by atoms with E-state index in [1.165, 1.54) is 6.07 Å². The molecule has 0 radical (unpaired) electrons. The lowest BCUT2D eigenvalue weighted by molar-refractivity contribution is -0.0626. The average molecular weight is 314 g/mol. The molecule has 0 aliphatic heterocycles. The molecule has 21 heavy (non-hydrogen) atoms. The number of hydrogen-bond acceptors (Lipinski definition) is 2. The molecule has 118 valence electrons. The van der Waals surface area contributed by atoms with Crippen molar-refractivity contribution in [3.63, 3.8) is 0 Å². The largest absolute Gasteiger partial charge is 0.373 e. The maximum Gasteiger partial charge on any atom is 0.123 e. The number of hydrogen-bond donors (Lipinski definition) is 1. The van der Waals surface area contributed by atoms with Gasteiger partial charge in [0.2, 0.25) is 0 Å². The fourth-order valence-corrected chi connectivity index (χ4v) is 3.61. The van der Waals surface area contributed by atoms with E-state index >= 15 is 0 Å². The zero-order chi connectivity index (χ0) is 15.3. The van der Waals surface area contributed by atoms with E-state index in [4.69, 9.17) is 16.3 Å². The van der Waals surface area contributed by atoms with Crippen molar-refractivity contribution in [1.82, 2.24) is 5.32 Å². The lowest BCUT2D eigenvalue weighted by atomic mass is 9.86. The van der Waals surface area contributed by atoms with Gasteiger partial charge >= 0.3 is 0 Å². The van der Waals surface area contributed by atoms with E-state index in [2.05, 4.69) is 12.2 Å². The van der Waals surface area contributed by atoms with Crippen molar-refractivity contribution >= 4 is 11.6 Å². The number of nitrogens with one attached hydrogen (secondary N) is 1. The molecule has 1 aliphatic rings. The van der Waals surface area contributed by atoms with E-state index in [1.54, 1.807) is 12.1 Å². The van der Waals surface area contributed by atoms with Gasteiger partial charge in [-0.25, -0.2) is 4.39 Å². The van der Waals surface area contributed by atoms with Gasteiger partial charge in [0, 0.05) is 11.6 Å². The molecule has 1 aliphatic carbocycles. The first-order valence-corrected chi connectivity index (χ1v) is 8.33. The lowest BCUT2D eigenvalue weighted by Crippen LogP contribution is -2.44. The fourth-order valence-electron chi connectivity index (χ4n) is 3.38. The van der Waals surface area contributed by atoms with E-state index in [9.17, 15) is 4.39 Å². The van der Waals surface area contributed by atoms with Gasteiger partial charge in [-0.2, -0.15) is 0 Å². The van der Waals surface area contributed by atoms with E-state index in [0.717, 1.165) is 44.2 Å². The molecule has 1 N–H and O–H groups in total. The van der Waals surface area contributed by atoms with Crippen LogP contribution >= 0.6 is 11.6 Å². The minimum Gasteiger partial charge on any atom is -0.373 e. The van der Waals surface area contributed by atoms with Crippen LogP contribution in [0.2, 0.25) is 5.02 Å². The van der Waals surface area contributed by atoms with Gasteiger partial charge in [0.25, 0.3) is 0 Å². The molecule has 0 spiro atoms. The second-order valence-corrected chi connectivity index (χ2v) is 6.17. The molecule has 0 amide bonds. The number of halogens is 2. The second kappa shape index (κ2) is 7.57. The van der Waals surface area contributed by atoms with Gasteiger partial charge in [-0.05, 0) is 56.5 Å². The van der Waals surface area contributed by atoms with E-state index < -0.39 is 0 Å². The van der Waals surface area contributed by atoms with Gasteiger partial charge in [0.05, 0.1) is 11.6 Å². The predicted molar refractivity (Wildman–Crippen MR) is 85.3 cm³/mol. The van der Waals surface area contributed by atoms with Crippen molar-refractivity contribution in [3.05, 3.63) is 34.6 Å². The Morgan fingerprint density at radius 3 is 2.67 bits per heavy atom. The highest BCUT2D eigenvalue weighted by Gasteiger charge is 2.43. The van der Waals surface area contributed by atoms with Crippen LogP contribution in [-0.4, -0.2) is 18.8 Å². The number of ether oxygens (including phenoxy) is 1. The molecule has 1 aromatic carbocycles. The van der Waals surface area contributed by atoms with Crippen LogP contribution in [0.5, 0.6) is 0 Å². The van der Waals surface area contributed by atoms with Gasteiger partial charge in [0.1, 0.15) is 5.82 Å². The zero-order valence-corrected chi connectivity index (χ0v) is 13.7. The Kier molecular flexibility index (Phi) is 6.03. The molecule has 1 fully saturated rings. The maximum atomic E-state index is 13.7. The summed E-state index contributed by atoms with van der Waals surface area (Å²) in [6.45, 7) is 5.67. The van der Waals surface area contributed by atoms with Gasteiger partial charge in [-0.15, -0.1) is 0 Å². The molecule has 0 aromatic heterocycles. The highest BCUT2D eigenvalue weighted by Crippen LogP contribution is 2.44. The van der Waals surface area contributed by atoms with Crippen LogP contribution in [0.1, 0.15) is 57.6 Å². The van der Waals surface area contributed by atoms with Crippen molar-refractivity contribution in [1.29, 1.82) is 0 Å². The Morgan fingerprint density at radius 1 is 1.33 bits per heavy atom. The molecule has 1 atom stereocenters. The third-order valence-corrected chi connectivity index (χ3v) is 4.62. The normalized spacial score (nSPS) is 18.9. The third kappa shape index (κ3) is 3.77. The van der Waals surface area contributed by atoms with Crippen molar-refractivity contribution in [3.8, 4) is 0 Å². The van der Waals surface area contributed by atoms with Crippen LogP contribution in [0.3, 0.4) is 0 Å². The fraction of sp³-hybridized carbons (Fsp3) is 0.647. The zero-order valence-electron chi connectivity index (χ0n) is 12.9. The standard InChI is InChI=1S/C17H25ClFNO/c1-3-11-20-16(14-12-13(19)7-8-15(14)18)17(21-4-2)9-5-6-10-17/h7-8,12,16,20H,3-6,9-11H2,1-2H3. The predicted octanol–water partition coefficient (Wildman–Crippen LogP) is 4.87.